The van der Waals surface area contributed by atoms with Crippen LogP contribution in [0.2, 0.25) is 5.02 Å². The van der Waals surface area contributed by atoms with Gasteiger partial charge in [0.25, 0.3) is 5.91 Å². The van der Waals surface area contributed by atoms with Gasteiger partial charge in [-0.2, -0.15) is 4.68 Å². The molecule has 2 heterocycles. The minimum absolute atomic E-state index is 0.00336. The van der Waals surface area contributed by atoms with Gasteiger partial charge in [0.15, 0.2) is 6.61 Å². The van der Waals surface area contributed by atoms with Gasteiger partial charge in [-0.25, -0.2) is 0 Å². The predicted molar refractivity (Wildman–Crippen MR) is 105 cm³/mol. The van der Waals surface area contributed by atoms with Crippen LogP contribution in [-0.4, -0.2) is 63.8 Å². The number of hydrogen-bond donors (Lipinski definition) is 0. The highest BCUT2D eigenvalue weighted by molar-refractivity contribution is 6.30. The highest BCUT2D eigenvalue weighted by atomic mass is 35.5. The van der Waals surface area contributed by atoms with Crippen LogP contribution in [-0.2, 0) is 4.79 Å². The highest BCUT2D eigenvalue weighted by Gasteiger charge is 2.25. The summed E-state index contributed by atoms with van der Waals surface area (Å²) in [5, 5.41) is 12.7. The van der Waals surface area contributed by atoms with Crippen molar-refractivity contribution in [2.75, 3.05) is 37.7 Å². The van der Waals surface area contributed by atoms with E-state index in [9.17, 15) is 4.79 Å². The van der Waals surface area contributed by atoms with Crippen LogP contribution in [0.3, 0.4) is 0 Å². The summed E-state index contributed by atoms with van der Waals surface area (Å²) in [5.74, 6) is 1.26. The molecule has 0 radical (unpaired) electrons. The number of para-hydroxylation sites is 1. The molecular weight excluding hydrogens is 380 g/mol. The minimum atomic E-state index is -0.0442. The number of rotatable bonds is 5. The monoisotopic (exact) mass is 398 g/mol. The maximum absolute atomic E-state index is 12.4. The minimum Gasteiger partial charge on any atom is -0.484 e. The third-order valence-corrected chi connectivity index (χ3v) is 4.80. The first kappa shape index (κ1) is 18.2. The number of carbonyl (C=O) groups is 1. The van der Waals surface area contributed by atoms with E-state index in [0.29, 0.717) is 42.9 Å². The average Bonchev–Trinajstić information content (AvgIpc) is 3.24. The number of nitrogens with zero attached hydrogens (tertiary/aromatic N) is 6. The van der Waals surface area contributed by atoms with Crippen molar-refractivity contribution in [2.24, 2.45) is 0 Å². The SMILES string of the molecule is O=C(COc1ccc(Cl)cc1)N1CCN(c2nnnn2-c2ccccc2)CC1. The van der Waals surface area contributed by atoms with E-state index < -0.39 is 0 Å². The smallest absolute Gasteiger partial charge is 0.260 e. The molecule has 0 unspecified atom stereocenters. The molecular formula is C19H19ClN6O2. The van der Waals surface area contributed by atoms with Crippen molar-refractivity contribution < 1.29 is 9.53 Å². The van der Waals surface area contributed by atoms with Crippen molar-refractivity contribution in [3.05, 3.63) is 59.6 Å². The van der Waals surface area contributed by atoms with Crippen LogP contribution in [0.1, 0.15) is 0 Å². The van der Waals surface area contributed by atoms with E-state index in [2.05, 4.69) is 20.4 Å². The summed E-state index contributed by atoms with van der Waals surface area (Å²) in [6.45, 7) is 2.48. The Kier molecular flexibility index (Phi) is 5.38. The summed E-state index contributed by atoms with van der Waals surface area (Å²) in [6.07, 6.45) is 0. The third kappa shape index (κ3) is 4.07. The second-order valence-corrected chi connectivity index (χ2v) is 6.77. The maximum atomic E-state index is 12.4. The lowest BCUT2D eigenvalue weighted by Crippen LogP contribution is -2.50. The van der Waals surface area contributed by atoms with Crippen molar-refractivity contribution in [3.8, 4) is 11.4 Å². The number of hydrogen-bond acceptors (Lipinski definition) is 6. The van der Waals surface area contributed by atoms with E-state index in [4.69, 9.17) is 16.3 Å². The molecule has 28 heavy (non-hydrogen) atoms. The lowest BCUT2D eigenvalue weighted by molar-refractivity contribution is -0.133. The first-order valence-electron chi connectivity index (χ1n) is 8.95. The molecule has 4 rings (SSSR count). The zero-order chi connectivity index (χ0) is 19.3. The number of halogens is 1. The fraction of sp³-hybridized carbons (Fsp3) is 0.263. The van der Waals surface area contributed by atoms with Gasteiger partial charge in [-0.05, 0) is 46.8 Å². The molecule has 3 aromatic rings. The molecule has 1 amide bonds. The van der Waals surface area contributed by atoms with E-state index in [1.165, 1.54) is 0 Å². The summed E-state index contributed by atoms with van der Waals surface area (Å²) >= 11 is 5.85. The molecule has 0 N–H and O–H groups in total. The molecule has 1 aliphatic heterocycles. The Balaban J connectivity index is 1.33. The van der Waals surface area contributed by atoms with Gasteiger partial charge in [0, 0.05) is 31.2 Å². The zero-order valence-electron chi connectivity index (χ0n) is 15.1. The Labute approximate surface area is 167 Å². The number of anilines is 1. The normalized spacial score (nSPS) is 14.2. The van der Waals surface area contributed by atoms with E-state index in [-0.39, 0.29) is 12.5 Å². The molecule has 0 saturated carbocycles. The number of amides is 1. The van der Waals surface area contributed by atoms with Crippen molar-refractivity contribution in [1.82, 2.24) is 25.1 Å². The Morgan fingerprint density at radius 2 is 1.71 bits per heavy atom. The van der Waals surface area contributed by atoms with E-state index >= 15 is 0 Å². The van der Waals surface area contributed by atoms with E-state index in [0.717, 1.165) is 5.69 Å². The van der Waals surface area contributed by atoms with Crippen LogP contribution >= 0.6 is 11.6 Å². The largest absolute Gasteiger partial charge is 0.484 e. The molecule has 0 aliphatic carbocycles. The second-order valence-electron chi connectivity index (χ2n) is 6.34. The fourth-order valence-electron chi connectivity index (χ4n) is 3.04. The molecule has 0 atom stereocenters. The third-order valence-electron chi connectivity index (χ3n) is 4.54. The number of tetrazole rings is 1. The number of ether oxygens (including phenoxy) is 1. The van der Waals surface area contributed by atoms with Gasteiger partial charge in [0.2, 0.25) is 5.95 Å². The van der Waals surface area contributed by atoms with Gasteiger partial charge in [0.05, 0.1) is 5.69 Å². The standard InChI is InChI=1S/C19H19ClN6O2/c20-15-6-8-17(9-7-15)28-14-18(27)24-10-12-25(13-11-24)19-21-22-23-26(19)16-4-2-1-3-5-16/h1-9H,10-14H2. The number of benzene rings is 2. The van der Waals surface area contributed by atoms with Crippen molar-refractivity contribution in [1.29, 1.82) is 0 Å². The Hall–Kier alpha value is -3.13. The highest BCUT2D eigenvalue weighted by Crippen LogP contribution is 2.18. The first-order valence-corrected chi connectivity index (χ1v) is 9.33. The van der Waals surface area contributed by atoms with Gasteiger partial charge in [-0.15, -0.1) is 0 Å². The second kappa shape index (κ2) is 8.26. The first-order chi connectivity index (χ1) is 13.7. The summed E-state index contributed by atoms with van der Waals surface area (Å²) < 4.78 is 7.26. The van der Waals surface area contributed by atoms with Crippen LogP contribution in [0.25, 0.3) is 5.69 Å². The van der Waals surface area contributed by atoms with Gasteiger partial charge in [0.1, 0.15) is 5.75 Å². The molecule has 8 nitrogen and oxygen atoms in total. The quantitative estimate of drug-likeness (QED) is 0.654. The molecule has 0 bridgehead atoms. The van der Waals surface area contributed by atoms with Crippen LogP contribution in [0.4, 0.5) is 5.95 Å². The Morgan fingerprint density at radius 3 is 2.43 bits per heavy atom. The number of aromatic nitrogens is 4. The zero-order valence-corrected chi connectivity index (χ0v) is 15.9. The van der Waals surface area contributed by atoms with Crippen molar-refractivity contribution >= 4 is 23.5 Å². The summed E-state index contributed by atoms with van der Waals surface area (Å²) in [5.41, 5.74) is 0.900. The van der Waals surface area contributed by atoms with Gasteiger partial charge < -0.3 is 14.5 Å². The lowest BCUT2D eigenvalue weighted by atomic mass is 10.3. The number of carbonyl (C=O) groups excluding carboxylic acids is 1. The van der Waals surface area contributed by atoms with Crippen LogP contribution in [0.5, 0.6) is 5.75 Å². The van der Waals surface area contributed by atoms with Crippen LogP contribution in [0, 0.1) is 0 Å². The maximum Gasteiger partial charge on any atom is 0.260 e. The summed E-state index contributed by atoms with van der Waals surface area (Å²) in [4.78, 5) is 16.3. The fourth-order valence-corrected chi connectivity index (χ4v) is 3.16. The van der Waals surface area contributed by atoms with Crippen LogP contribution < -0.4 is 9.64 Å². The Bertz CT molecular complexity index is 923. The molecule has 1 aromatic heterocycles. The summed E-state index contributed by atoms with van der Waals surface area (Å²) in [7, 11) is 0. The molecule has 2 aromatic carbocycles. The van der Waals surface area contributed by atoms with E-state index in [1.54, 1.807) is 33.8 Å². The van der Waals surface area contributed by atoms with Crippen LogP contribution in [0.15, 0.2) is 54.6 Å². The van der Waals surface area contributed by atoms with Gasteiger partial charge >= 0.3 is 0 Å². The van der Waals surface area contributed by atoms with Gasteiger partial charge in [-0.1, -0.05) is 34.9 Å². The predicted octanol–water partition coefficient (Wildman–Crippen LogP) is 2.04. The molecule has 9 heteroatoms. The Morgan fingerprint density at radius 1 is 1.00 bits per heavy atom. The summed E-state index contributed by atoms with van der Waals surface area (Å²) in [6, 6.07) is 16.7. The van der Waals surface area contributed by atoms with Gasteiger partial charge in [-0.3, -0.25) is 4.79 Å². The average molecular weight is 399 g/mol. The molecule has 0 spiro atoms. The van der Waals surface area contributed by atoms with Crippen molar-refractivity contribution in [2.45, 2.75) is 0 Å². The molecule has 1 aliphatic rings. The lowest BCUT2D eigenvalue weighted by Gasteiger charge is -2.34. The molecule has 144 valence electrons. The van der Waals surface area contributed by atoms with Crippen molar-refractivity contribution in [3.63, 3.8) is 0 Å². The topological polar surface area (TPSA) is 76.4 Å². The van der Waals surface area contributed by atoms with E-state index in [1.807, 2.05) is 30.3 Å². The number of piperazine rings is 1. The molecule has 1 fully saturated rings. The molecule has 1 saturated heterocycles.